The van der Waals surface area contributed by atoms with Crippen LogP contribution in [0.1, 0.15) is 24.3 Å². The molecule has 0 aromatic carbocycles. The van der Waals surface area contributed by atoms with Gasteiger partial charge in [-0.2, -0.15) is 0 Å². The maximum absolute atomic E-state index is 5.75. The summed E-state index contributed by atoms with van der Waals surface area (Å²) in [4.78, 5) is 1.29. The summed E-state index contributed by atoms with van der Waals surface area (Å²) >= 11 is 1.73. The van der Waals surface area contributed by atoms with Crippen molar-refractivity contribution in [2.45, 2.75) is 19.4 Å². The van der Waals surface area contributed by atoms with Crippen LogP contribution in [0.2, 0.25) is 0 Å². The van der Waals surface area contributed by atoms with E-state index in [1.54, 1.807) is 11.3 Å². The van der Waals surface area contributed by atoms with E-state index in [9.17, 15) is 0 Å². The molecule has 1 aromatic rings. The predicted octanol–water partition coefficient (Wildman–Crippen LogP) is 2.16. The van der Waals surface area contributed by atoms with Crippen LogP contribution in [0.25, 0.3) is 0 Å². The molecule has 0 aliphatic heterocycles. The lowest BCUT2D eigenvalue weighted by atomic mass is 10.2. The normalized spacial score (nSPS) is 13.6. The second-order valence-electron chi connectivity index (χ2n) is 2.03. The molecule has 0 amide bonds. The monoisotopic (exact) mass is 141 g/mol. The van der Waals surface area contributed by atoms with Crippen LogP contribution in [0.15, 0.2) is 17.5 Å². The van der Waals surface area contributed by atoms with Gasteiger partial charge in [-0.1, -0.05) is 13.0 Å². The van der Waals surface area contributed by atoms with Crippen LogP contribution in [-0.4, -0.2) is 0 Å². The minimum absolute atomic E-state index is 0.255. The third-order valence-corrected chi connectivity index (χ3v) is 2.35. The van der Waals surface area contributed by atoms with Crippen molar-refractivity contribution in [1.82, 2.24) is 0 Å². The SMILES string of the molecule is CC[C@H](N)c1cccs1. The smallest absolute Gasteiger partial charge is 0.0387 e. The molecule has 9 heavy (non-hydrogen) atoms. The van der Waals surface area contributed by atoms with Crippen LogP contribution in [0, 0.1) is 0 Å². The van der Waals surface area contributed by atoms with Crippen LogP contribution in [0.3, 0.4) is 0 Å². The average molecular weight is 141 g/mol. The summed E-state index contributed by atoms with van der Waals surface area (Å²) in [7, 11) is 0. The van der Waals surface area contributed by atoms with Crippen molar-refractivity contribution in [2.24, 2.45) is 5.73 Å². The highest BCUT2D eigenvalue weighted by molar-refractivity contribution is 7.10. The van der Waals surface area contributed by atoms with Gasteiger partial charge in [-0.25, -0.2) is 0 Å². The lowest BCUT2D eigenvalue weighted by Crippen LogP contribution is -2.05. The first-order chi connectivity index (χ1) is 4.34. The molecule has 0 bridgehead atoms. The lowest BCUT2D eigenvalue weighted by molar-refractivity contribution is 0.712. The van der Waals surface area contributed by atoms with Crippen molar-refractivity contribution in [3.63, 3.8) is 0 Å². The van der Waals surface area contributed by atoms with Crippen LogP contribution in [0.4, 0.5) is 0 Å². The van der Waals surface area contributed by atoms with E-state index >= 15 is 0 Å². The van der Waals surface area contributed by atoms with Gasteiger partial charge in [0.1, 0.15) is 0 Å². The summed E-state index contributed by atoms with van der Waals surface area (Å²) in [5.74, 6) is 0. The fraction of sp³-hybridized carbons (Fsp3) is 0.429. The first-order valence-corrected chi connectivity index (χ1v) is 4.01. The summed E-state index contributed by atoms with van der Waals surface area (Å²) in [6.07, 6.45) is 1.03. The molecule has 2 N–H and O–H groups in total. The van der Waals surface area contributed by atoms with E-state index in [0.29, 0.717) is 0 Å². The Bertz CT molecular complexity index is 157. The minimum atomic E-state index is 0.255. The Morgan fingerprint density at radius 1 is 1.78 bits per heavy atom. The average Bonchev–Trinajstić information content (AvgIpc) is 2.37. The Labute approximate surface area is 59.5 Å². The van der Waals surface area contributed by atoms with Gasteiger partial charge >= 0.3 is 0 Å². The molecule has 1 rings (SSSR count). The zero-order valence-corrected chi connectivity index (χ0v) is 6.32. The van der Waals surface area contributed by atoms with Crippen molar-refractivity contribution >= 4 is 11.3 Å². The molecule has 1 atom stereocenters. The zero-order valence-electron chi connectivity index (χ0n) is 5.50. The van der Waals surface area contributed by atoms with Crippen molar-refractivity contribution in [3.8, 4) is 0 Å². The summed E-state index contributed by atoms with van der Waals surface area (Å²) in [6, 6.07) is 4.37. The first-order valence-electron chi connectivity index (χ1n) is 3.13. The fourth-order valence-corrected chi connectivity index (χ4v) is 1.52. The molecule has 0 fully saturated rings. The lowest BCUT2D eigenvalue weighted by Gasteiger charge is -2.02. The van der Waals surface area contributed by atoms with Gasteiger partial charge in [0, 0.05) is 10.9 Å². The number of rotatable bonds is 2. The molecule has 1 nitrogen and oxygen atoms in total. The Hall–Kier alpha value is -0.340. The topological polar surface area (TPSA) is 26.0 Å². The van der Waals surface area contributed by atoms with Gasteiger partial charge in [0.2, 0.25) is 0 Å². The van der Waals surface area contributed by atoms with E-state index in [1.807, 2.05) is 6.07 Å². The molecule has 0 saturated heterocycles. The van der Waals surface area contributed by atoms with Crippen LogP contribution in [0.5, 0.6) is 0 Å². The van der Waals surface area contributed by atoms with Crippen molar-refractivity contribution < 1.29 is 0 Å². The Morgan fingerprint density at radius 3 is 3.00 bits per heavy atom. The fourth-order valence-electron chi connectivity index (χ4n) is 0.703. The number of nitrogens with two attached hydrogens (primary N) is 1. The van der Waals surface area contributed by atoms with Crippen LogP contribution >= 0.6 is 11.3 Å². The van der Waals surface area contributed by atoms with E-state index in [-0.39, 0.29) is 6.04 Å². The second-order valence-corrected chi connectivity index (χ2v) is 3.01. The van der Waals surface area contributed by atoms with Gasteiger partial charge in [0.25, 0.3) is 0 Å². The Kier molecular flexibility index (Phi) is 2.25. The van der Waals surface area contributed by atoms with Gasteiger partial charge in [0.15, 0.2) is 0 Å². The first kappa shape index (κ1) is 6.78. The quantitative estimate of drug-likeness (QED) is 0.671. The minimum Gasteiger partial charge on any atom is -0.323 e. The Morgan fingerprint density at radius 2 is 2.56 bits per heavy atom. The van der Waals surface area contributed by atoms with E-state index < -0.39 is 0 Å². The van der Waals surface area contributed by atoms with Gasteiger partial charge in [-0.05, 0) is 17.9 Å². The predicted molar refractivity (Wildman–Crippen MR) is 41.5 cm³/mol. The van der Waals surface area contributed by atoms with E-state index in [2.05, 4.69) is 18.4 Å². The third-order valence-electron chi connectivity index (χ3n) is 1.35. The molecular weight excluding hydrogens is 130 g/mol. The highest BCUT2D eigenvalue weighted by Gasteiger charge is 2.01. The molecule has 0 spiro atoms. The molecular formula is C7H11NS. The maximum Gasteiger partial charge on any atom is 0.0387 e. The summed E-state index contributed by atoms with van der Waals surface area (Å²) in [5, 5.41) is 2.06. The molecule has 0 radical (unpaired) electrons. The molecule has 0 aliphatic rings. The molecule has 0 aliphatic carbocycles. The molecule has 1 aromatic heterocycles. The van der Waals surface area contributed by atoms with Crippen LogP contribution < -0.4 is 5.73 Å². The maximum atomic E-state index is 5.75. The molecule has 0 unspecified atom stereocenters. The highest BCUT2D eigenvalue weighted by Crippen LogP contribution is 2.18. The van der Waals surface area contributed by atoms with Crippen LogP contribution in [-0.2, 0) is 0 Å². The van der Waals surface area contributed by atoms with Gasteiger partial charge in [0.05, 0.1) is 0 Å². The summed E-state index contributed by atoms with van der Waals surface area (Å²) in [5.41, 5.74) is 5.75. The van der Waals surface area contributed by atoms with Crippen molar-refractivity contribution in [2.75, 3.05) is 0 Å². The molecule has 1 heterocycles. The van der Waals surface area contributed by atoms with Gasteiger partial charge < -0.3 is 5.73 Å². The number of thiophene rings is 1. The van der Waals surface area contributed by atoms with Crippen molar-refractivity contribution in [1.29, 1.82) is 0 Å². The van der Waals surface area contributed by atoms with E-state index in [1.165, 1.54) is 4.88 Å². The zero-order chi connectivity index (χ0) is 6.69. The summed E-state index contributed by atoms with van der Waals surface area (Å²) < 4.78 is 0. The number of hydrogen-bond donors (Lipinski definition) is 1. The largest absolute Gasteiger partial charge is 0.323 e. The van der Waals surface area contributed by atoms with E-state index in [4.69, 9.17) is 5.73 Å². The highest BCUT2D eigenvalue weighted by atomic mass is 32.1. The molecule has 0 saturated carbocycles. The van der Waals surface area contributed by atoms with Crippen molar-refractivity contribution in [3.05, 3.63) is 22.4 Å². The number of hydrogen-bond acceptors (Lipinski definition) is 2. The van der Waals surface area contributed by atoms with Gasteiger partial charge in [-0.15, -0.1) is 11.3 Å². The van der Waals surface area contributed by atoms with Gasteiger partial charge in [-0.3, -0.25) is 0 Å². The second kappa shape index (κ2) is 2.99. The summed E-state index contributed by atoms with van der Waals surface area (Å²) in [6.45, 7) is 2.10. The van der Waals surface area contributed by atoms with E-state index in [0.717, 1.165) is 6.42 Å². The third kappa shape index (κ3) is 1.53. The molecule has 2 heteroatoms. The standard InChI is InChI=1S/C7H11NS/c1-2-6(8)7-4-3-5-9-7/h3-6H,2,8H2,1H3/t6-/m0/s1. The Balaban J connectivity index is 2.65. The molecule has 50 valence electrons.